The summed E-state index contributed by atoms with van der Waals surface area (Å²) < 4.78 is 1.66. The Morgan fingerprint density at radius 2 is 2.20 bits per heavy atom. The molecule has 0 amide bonds. The van der Waals surface area contributed by atoms with Crippen LogP contribution < -0.4 is 5.73 Å². The van der Waals surface area contributed by atoms with Gasteiger partial charge in [0, 0.05) is 17.7 Å². The van der Waals surface area contributed by atoms with Gasteiger partial charge >= 0.3 is 0 Å². The average molecular weight is 203 g/mol. The van der Waals surface area contributed by atoms with Crippen LogP contribution in [0.3, 0.4) is 0 Å². The summed E-state index contributed by atoms with van der Waals surface area (Å²) in [4.78, 5) is 4.35. The molecule has 0 aliphatic heterocycles. The predicted octanol–water partition coefficient (Wildman–Crippen LogP) is 1.14. The van der Waals surface area contributed by atoms with Crippen LogP contribution >= 0.6 is 0 Å². The quantitative estimate of drug-likeness (QED) is 0.567. The third-order valence-electron chi connectivity index (χ3n) is 2.17. The zero-order valence-electron chi connectivity index (χ0n) is 8.73. The molecular formula is C10H13N5. The molecule has 0 radical (unpaired) electrons. The highest BCUT2D eigenvalue weighted by atomic mass is 15.3. The van der Waals surface area contributed by atoms with E-state index in [9.17, 15) is 0 Å². The third kappa shape index (κ3) is 1.68. The molecule has 0 aliphatic rings. The molecule has 0 saturated carbocycles. The molecule has 78 valence electrons. The van der Waals surface area contributed by atoms with E-state index in [-0.39, 0.29) is 5.84 Å². The van der Waals surface area contributed by atoms with Crippen LogP contribution in [0.1, 0.15) is 31.2 Å². The number of fused-ring (bicyclic) bond motifs is 1. The maximum absolute atomic E-state index is 7.32. The lowest BCUT2D eigenvalue weighted by molar-refractivity contribution is 0.765. The smallest absolute Gasteiger partial charge is 0.155 e. The lowest BCUT2D eigenvalue weighted by atomic mass is 10.2. The highest BCUT2D eigenvalue weighted by molar-refractivity contribution is 5.94. The molecule has 0 fully saturated rings. The Bertz CT molecular complexity index is 512. The van der Waals surface area contributed by atoms with Crippen LogP contribution in [0.4, 0.5) is 0 Å². The van der Waals surface area contributed by atoms with E-state index in [0.717, 1.165) is 11.5 Å². The van der Waals surface area contributed by atoms with Crippen molar-refractivity contribution in [1.29, 1.82) is 5.41 Å². The SMILES string of the molecule is CC(C)c1nc2ccc(C(=N)N)cn2n1. The van der Waals surface area contributed by atoms with Gasteiger partial charge in [0.1, 0.15) is 5.84 Å². The van der Waals surface area contributed by atoms with Crippen LogP contribution in [-0.2, 0) is 0 Å². The van der Waals surface area contributed by atoms with Crippen molar-refractivity contribution in [2.24, 2.45) is 5.73 Å². The van der Waals surface area contributed by atoms with Crippen LogP contribution in [0.15, 0.2) is 18.3 Å². The third-order valence-corrected chi connectivity index (χ3v) is 2.17. The van der Waals surface area contributed by atoms with Crippen LogP contribution in [0.5, 0.6) is 0 Å². The summed E-state index contributed by atoms with van der Waals surface area (Å²) in [5.41, 5.74) is 6.83. The number of nitrogen functional groups attached to an aromatic ring is 1. The fourth-order valence-corrected chi connectivity index (χ4v) is 1.30. The highest BCUT2D eigenvalue weighted by Crippen LogP contribution is 2.11. The second-order valence-corrected chi connectivity index (χ2v) is 3.76. The van der Waals surface area contributed by atoms with Gasteiger partial charge in [0.25, 0.3) is 0 Å². The molecule has 2 rings (SSSR count). The first-order valence-electron chi connectivity index (χ1n) is 4.78. The second kappa shape index (κ2) is 3.34. The van der Waals surface area contributed by atoms with E-state index in [2.05, 4.69) is 10.1 Å². The lowest BCUT2D eigenvalue weighted by Crippen LogP contribution is -2.11. The van der Waals surface area contributed by atoms with Crippen LogP contribution in [0.2, 0.25) is 0 Å². The van der Waals surface area contributed by atoms with Crippen LogP contribution in [0, 0.1) is 5.41 Å². The Labute approximate surface area is 87.4 Å². The van der Waals surface area contributed by atoms with Gasteiger partial charge in [-0.25, -0.2) is 9.50 Å². The summed E-state index contributed by atoms with van der Waals surface area (Å²) in [7, 11) is 0. The van der Waals surface area contributed by atoms with Crippen molar-refractivity contribution in [2.45, 2.75) is 19.8 Å². The van der Waals surface area contributed by atoms with E-state index in [1.165, 1.54) is 0 Å². The molecule has 5 nitrogen and oxygen atoms in total. The molecule has 0 unspecified atom stereocenters. The van der Waals surface area contributed by atoms with Crippen molar-refractivity contribution in [1.82, 2.24) is 14.6 Å². The van der Waals surface area contributed by atoms with Gasteiger partial charge in [-0.15, -0.1) is 0 Å². The fourth-order valence-electron chi connectivity index (χ4n) is 1.30. The number of nitrogens with one attached hydrogen (secondary N) is 1. The number of nitrogens with two attached hydrogens (primary N) is 1. The predicted molar refractivity (Wildman–Crippen MR) is 58.1 cm³/mol. The Hall–Kier alpha value is -1.91. The summed E-state index contributed by atoms with van der Waals surface area (Å²) in [5.74, 6) is 1.14. The molecule has 5 heteroatoms. The monoisotopic (exact) mass is 203 g/mol. The van der Waals surface area contributed by atoms with Crippen molar-refractivity contribution in [3.63, 3.8) is 0 Å². The van der Waals surface area contributed by atoms with Gasteiger partial charge in [0.15, 0.2) is 11.5 Å². The molecule has 3 N–H and O–H groups in total. The number of amidine groups is 1. The van der Waals surface area contributed by atoms with Gasteiger partial charge in [0.05, 0.1) is 0 Å². The Morgan fingerprint density at radius 3 is 2.80 bits per heavy atom. The van der Waals surface area contributed by atoms with Gasteiger partial charge < -0.3 is 5.73 Å². The Balaban J connectivity index is 2.57. The molecule has 0 bridgehead atoms. The van der Waals surface area contributed by atoms with Gasteiger partial charge in [-0.05, 0) is 12.1 Å². The van der Waals surface area contributed by atoms with Crippen LogP contribution in [-0.4, -0.2) is 20.4 Å². The van der Waals surface area contributed by atoms with E-state index in [1.54, 1.807) is 16.8 Å². The summed E-state index contributed by atoms with van der Waals surface area (Å²) in [6.45, 7) is 4.08. The van der Waals surface area contributed by atoms with E-state index >= 15 is 0 Å². The van der Waals surface area contributed by atoms with Crippen molar-refractivity contribution in [2.75, 3.05) is 0 Å². The molecule has 2 aromatic heterocycles. The number of nitrogens with zero attached hydrogens (tertiary/aromatic N) is 3. The molecule has 2 heterocycles. The fraction of sp³-hybridized carbons (Fsp3) is 0.300. The maximum atomic E-state index is 7.32. The molecular weight excluding hydrogens is 190 g/mol. The minimum atomic E-state index is 0.0403. The number of aromatic nitrogens is 3. The first kappa shape index (κ1) is 9.64. The first-order valence-corrected chi connectivity index (χ1v) is 4.78. The maximum Gasteiger partial charge on any atom is 0.155 e. The summed E-state index contributed by atoms with van der Waals surface area (Å²) in [6.07, 6.45) is 1.72. The van der Waals surface area contributed by atoms with Crippen molar-refractivity contribution < 1.29 is 0 Å². The minimum absolute atomic E-state index is 0.0403. The van der Waals surface area contributed by atoms with Gasteiger partial charge in [-0.1, -0.05) is 13.8 Å². The minimum Gasteiger partial charge on any atom is -0.384 e. The molecule has 2 aromatic rings. The molecule has 0 aromatic carbocycles. The zero-order valence-corrected chi connectivity index (χ0v) is 8.73. The molecule has 0 saturated heterocycles. The molecule has 0 aliphatic carbocycles. The molecule has 15 heavy (non-hydrogen) atoms. The van der Waals surface area contributed by atoms with E-state index < -0.39 is 0 Å². The van der Waals surface area contributed by atoms with Gasteiger partial charge in [-0.3, -0.25) is 5.41 Å². The number of hydrogen-bond acceptors (Lipinski definition) is 3. The van der Waals surface area contributed by atoms with Crippen molar-refractivity contribution in [3.05, 3.63) is 29.7 Å². The second-order valence-electron chi connectivity index (χ2n) is 3.76. The van der Waals surface area contributed by atoms with Crippen molar-refractivity contribution in [3.8, 4) is 0 Å². The van der Waals surface area contributed by atoms with E-state index in [4.69, 9.17) is 11.1 Å². The summed E-state index contributed by atoms with van der Waals surface area (Å²) >= 11 is 0. The summed E-state index contributed by atoms with van der Waals surface area (Å²) in [6, 6.07) is 3.59. The molecule has 0 atom stereocenters. The topological polar surface area (TPSA) is 80.1 Å². The number of hydrogen-bond donors (Lipinski definition) is 2. The summed E-state index contributed by atoms with van der Waals surface area (Å²) in [5, 5.41) is 11.6. The first-order chi connectivity index (χ1) is 7.08. The van der Waals surface area contributed by atoms with E-state index in [0.29, 0.717) is 11.5 Å². The van der Waals surface area contributed by atoms with Gasteiger partial charge in [-0.2, -0.15) is 5.10 Å². The van der Waals surface area contributed by atoms with Crippen molar-refractivity contribution >= 4 is 11.5 Å². The Morgan fingerprint density at radius 1 is 1.47 bits per heavy atom. The average Bonchev–Trinajstić information content (AvgIpc) is 2.59. The highest BCUT2D eigenvalue weighted by Gasteiger charge is 2.07. The standard InChI is InChI=1S/C10H13N5/c1-6(2)10-13-8-4-3-7(9(11)12)5-15(8)14-10/h3-6H,1-2H3,(H3,11,12). The number of pyridine rings is 1. The van der Waals surface area contributed by atoms with E-state index in [1.807, 2.05) is 19.9 Å². The lowest BCUT2D eigenvalue weighted by Gasteiger charge is -1.97. The van der Waals surface area contributed by atoms with Crippen LogP contribution in [0.25, 0.3) is 5.65 Å². The zero-order chi connectivity index (χ0) is 11.0. The Kier molecular flexibility index (Phi) is 2.15. The number of rotatable bonds is 2. The van der Waals surface area contributed by atoms with Gasteiger partial charge in [0.2, 0.25) is 0 Å². The normalized spacial score (nSPS) is 11.1. The molecule has 0 spiro atoms. The largest absolute Gasteiger partial charge is 0.384 e.